The molecule has 1 N–H and O–H groups in total. The number of hydrogen-bond donors (Lipinski definition) is 1. The third kappa shape index (κ3) is 3.75. The van der Waals surface area contributed by atoms with Gasteiger partial charge in [0, 0.05) is 12.2 Å². The van der Waals surface area contributed by atoms with Gasteiger partial charge in [0.1, 0.15) is 12.3 Å². The number of aliphatic carboxylic acids is 1. The highest BCUT2D eigenvalue weighted by molar-refractivity contribution is 5.73. The van der Waals surface area contributed by atoms with Crippen molar-refractivity contribution < 1.29 is 14.6 Å². The van der Waals surface area contributed by atoms with E-state index in [-0.39, 0.29) is 6.54 Å². The van der Waals surface area contributed by atoms with Gasteiger partial charge in [-0.15, -0.1) is 0 Å². The summed E-state index contributed by atoms with van der Waals surface area (Å²) in [5, 5.41) is 9.06. The molecular formula is C16H17NO3. The number of rotatable bonds is 6. The van der Waals surface area contributed by atoms with Gasteiger partial charge in [0.15, 0.2) is 0 Å². The first kappa shape index (κ1) is 13.9. The van der Waals surface area contributed by atoms with E-state index in [9.17, 15) is 4.79 Å². The summed E-state index contributed by atoms with van der Waals surface area (Å²) in [6, 6.07) is 17.2. The van der Waals surface area contributed by atoms with Gasteiger partial charge in [-0.25, -0.2) is 0 Å². The molecule has 0 radical (unpaired) electrons. The predicted molar refractivity (Wildman–Crippen MR) is 78.1 cm³/mol. The van der Waals surface area contributed by atoms with Crippen molar-refractivity contribution >= 4 is 11.7 Å². The first-order valence-electron chi connectivity index (χ1n) is 6.34. The molecule has 0 aliphatic heterocycles. The summed E-state index contributed by atoms with van der Waals surface area (Å²) in [7, 11) is 1.62. The van der Waals surface area contributed by atoms with Crippen LogP contribution in [0.4, 0.5) is 5.69 Å². The Labute approximate surface area is 118 Å². The molecule has 0 spiro atoms. The lowest BCUT2D eigenvalue weighted by Crippen LogP contribution is -2.29. The number of carbonyl (C=O) groups is 1. The number of hydrogen-bond acceptors (Lipinski definition) is 3. The average molecular weight is 271 g/mol. The van der Waals surface area contributed by atoms with Crippen LogP contribution >= 0.6 is 0 Å². The van der Waals surface area contributed by atoms with Gasteiger partial charge >= 0.3 is 5.97 Å². The lowest BCUT2D eigenvalue weighted by Gasteiger charge is -2.23. The second kappa shape index (κ2) is 6.61. The Morgan fingerprint density at radius 3 is 2.55 bits per heavy atom. The first-order chi connectivity index (χ1) is 9.69. The zero-order chi connectivity index (χ0) is 14.4. The minimum Gasteiger partial charge on any atom is -0.497 e. The van der Waals surface area contributed by atoms with Crippen LogP contribution in [0.5, 0.6) is 5.75 Å². The van der Waals surface area contributed by atoms with Gasteiger partial charge in [-0.1, -0.05) is 30.3 Å². The third-order valence-electron chi connectivity index (χ3n) is 2.96. The molecule has 2 aromatic rings. The molecule has 4 heteroatoms. The molecule has 4 nitrogen and oxygen atoms in total. The molecule has 0 bridgehead atoms. The number of anilines is 1. The quantitative estimate of drug-likeness (QED) is 0.877. The van der Waals surface area contributed by atoms with Crippen LogP contribution in [0.15, 0.2) is 54.6 Å². The maximum absolute atomic E-state index is 11.0. The Bertz CT molecular complexity index is 569. The van der Waals surface area contributed by atoms with Crippen molar-refractivity contribution in [3.05, 3.63) is 60.2 Å². The molecule has 0 unspecified atom stereocenters. The Hall–Kier alpha value is -2.49. The van der Waals surface area contributed by atoms with E-state index in [4.69, 9.17) is 9.84 Å². The zero-order valence-corrected chi connectivity index (χ0v) is 11.3. The number of para-hydroxylation sites is 1. The molecule has 0 aliphatic rings. The second-order valence-electron chi connectivity index (χ2n) is 4.44. The van der Waals surface area contributed by atoms with Crippen LogP contribution in [-0.2, 0) is 11.3 Å². The molecule has 0 saturated carbocycles. The summed E-state index contributed by atoms with van der Waals surface area (Å²) in [4.78, 5) is 12.8. The molecule has 0 aliphatic carbocycles. The molecule has 0 aromatic heterocycles. The van der Waals surface area contributed by atoms with Crippen LogP contribution in [0, 0.1) is 0 Å². The molecule has 0 amide bonds. The summed E-state index contributed by atoms with van der Waals surface area (Å²) in [5.41, 5.74) is 1.90. The van der Waals surface area contributed by atoms with E-state index in [0.29, 0.717) is 6.54 Å². The zero-order valence-electron chi connectivity index (χ0n) is 11.3. The van der Waals surface area contributed by atoms with Gasteiger partial charge in [0.25, 0.3) is 0 Å². The van der Waals surface area contributed by atoms with Crippen LogP contribution in [0.25, 0.3) is 0 Å². The van der Waals surface area contributed by atoms with Gasteiger partial charge in [-0.05, 0) is 29.8 Å². The van der Waals surface area contributed by atoms with Crippen molar-refractivity contribution in [2.75, 3.05) is 18.6 Å². The monoisotopic (exact) mass is 271 g/mol. The number of carboxylic acid groups (broad SMARTS) is 1. The van der Waals surface area contributed by atoms with E-state index < -0.39 is 5.97 Å². The normalized spacial score (nSPS) is 10.1. The Balaban J connectivity index is 2.21. The van der Waals surface area contributed by atoms with Crippen LogP contribution in [-0.4, -0.2) is 24.7 Å². The van der Waals surface area contributed by atoms with Crippen molar-refractivity contribution in [2.45, 2.75) is 6.54 Å². The Morgan fingerprint density at radius 1 is 1.15 bits per heavy atom. The standard InChI is InChI=1S/C16H17NO3/c1-20-15-9-5-6-13(10-15)11-17(12-16(18)19)14-7-3-2-4-8-14/h2-10H,11-12H2,1H3,(H,18,19). The minimum atomic E-state index is -0.850. The van der Waals surface area contributed by atoms with Crippen molar-refractivity contribution in [1.29, 1.82) is 0 Å². The van der Waals surface area contributed by atoms with Gasteiger partial charge < -0.3 is 14.7 Å². The summed E-state index contributed by atoms with van der Waals surface area (Å²) in [6.07, 6.45) is 0. The minimum absolute atomic E-state index is 0.0405. The molecule has 0 heterocycles. The number of benzene rings is 2. The van der Waals surface area contributed by atoms with Gasteiger partial charge in [0.05, 0.1) is 7.11 Å². The molecule has 0 atom stereocenters. The maximum Gasteiger partial charge on any atom is 0.323 e. The van der Waals surface area contributed by atoms with Crippen LogP contribution in [0.1, 0.15) is 5.56 Å². The average Bonchev–Trinajstić information content (AvgIpc) is 2.47. The molecule has 0 saturated heterocycles. The highest BCUT2D eigenvalue weighted by Gasteiger charge is 2.11. The molecule has 104 valence electrons. The van der Waals surface area contributed by atoms with E-state index in [1.165, 1.54) is 0 Å². The SMILES string of the molecule is COc1cccc(CN(CC(=O)O)c2ccccc2)c1. The number of carboxylic acids is 1. The van der Waals surface area contributed by atoms with Gasteiger partial charge in [-0.2, -0.15) is 0 Å². The van der Waals surface area contributed by atoms with Crippen LogP contribution < -0.4 is 9.64 Å². The fourth-order valence-electron chi connectivity index (χ4n) is 2.03. The predicted octanol–water partition coefficient (Wildman–Crippen LogP) is 2.79. The number of methoxy groups -OCH3 is 1. The third-order valence-corrected chi connectivity index (χ3v) is 2.96. The molecule has 2 rings (SSSR count). The number of nitrogens with zero attached hydrogens (tertiary/aromatic N) is 1. The highest BCUT2D eigenvalue weighted by Crippen LogP contribution is 2.19. The van der Waals surface area contributed by atoms with Crippen molar-refractivity contribution in [2.24, 2.45) is 0 Å². The summed E-state index contributed by atoms with van der Waals surface area (Å²) in [6.45, 7) is 0.481. The second-order valence-corrected chi connectivity index (χ2v) is 4.44. The lowest BCUT2D eigenvalue weighted by molar-refractivity contribution is -0.135. The lowest BCUT2D eigenvalue weighted by atomic mass is 10.2. The highest BCUT2D eigenvalue weighted by atomic mass is 16.5. The van der Waals surface area contributed by atoms with Gasteiger partial charge in [0.2, 0.25) is 0 Å². The van der Waals surface area contributed by atoms with E-state index in [1.807, 2.05) is 59.5 Å². The molecule has 2 aromatic carbocycles. The van der Waals surface area contributed by atoms with Crippen molar-refractivity contribution in [1.82, 2.24) is 0 Å². The van der Waals surface area contributed by atoms with Gasteiger partial charge in [-0.3, -0.25) is 4.79 Å². The first-order valence-corrected chi connectivity index (χ1v) is 6.34. The number of ether oxygens (including phenoxy) is 1. The van der Waals surface area contributed by atoms with E-state index in [2.05, 4.69) is 0 Å². The van der Waals surface area contributed by atoms with E-state index in [0.717, 1.165) is 17.0 Å². The fourth-order valence-corrected chi connectivity index (χ4v) is 2.03. The largest absolute Gasteiger partial charge is 0.497 e. The maximum atomic E-state index is 11.0. The van der Waals surface area contributed by atoms with Crippen LogP contribution in [0.2, 0.25) is 0 Å². The molecule has 0 fully saturated rings. The fraction of sp³-hybridized carbons (Fsp3) is 0.188. The van der Waals surface area contributed by atoms with E-state index in [1.54, 1.807) is 7.11 Å². The Morgan fingerprint density at radius 2 is 1.90 bits per heavy atom. The Kier molecular flexibility index (Phi) is 4.60. The molecule has 20 heavy (non-hydrogen) atoms. The van der Waals surface area contributed by atoms with Crippen molar-refractivity contribution in [3.63, 3.8) is 0 Å². The molecular weight excluding hydrogens is 254 g/mol. The smallest absolute Gasteiger partial charge is 0.323 e. The topological polar surface area (TPSA) is 49.8 Å². The van der Waals surface area contributed by atoms with E-state index >= 15 is 0 Å². The van der Waals surface area contributed by atoms with Crippen LogP contribution in [0.3, 0.4) is 0 Å². The summed E-state index contributed by atoms with van der Waals surface area (Å²) < 4.78 is 5.19. The summed E-state index contributed by atoms with van der Waals surface area (Å²) in [5.74, 6) is -0.0809. The van der Waals surface area contributed by atoms with Crippen molar-refractivity contribution in [3.8, 4) is 5.75 Å². The summed E-state index contributed by atoms with van der Waals surface area (Å²) >= 11 is 0.